The van der Waals surface area contributed by atoms with E-state index in [9.17, 15) is 24.0 Å². The summed E-state index contributed by atoms with van der Waals surface area (Å²) < 4.78 is 4.70. The van der Waals surface area contributed by atoms with Gasteiger partial charge in [0.15, 0.2) is 10.9 Å². The average molecular weight is 591 g/mol. The normalized spacial score (nSPS) is 22.8. The minimum Gasteiger partial charge on any atom is -0.469 e. The molecule has 11 heteroatoms. The average Bonchev–Trinajstić information content (AvgIpc) is 3.31. The lowest BCUT2D eigenvalue weighted by molar-refractivity contribution is -0.143. The maximum absolute atomic E-state index is 13.9. The van der Waals surface area contributed by atoms with Gasteiger partial charge in [0.25, 0.3) is 5.91 Å². The van der Waals surface area contributed by atoms with Crippen molar-refractivity contribution in [1.29, 1.82) is 0 Å². The first-order valence-electron chi connectivity index (χ1n) is 14.7. The lowest BCUT2D eigenvalue weighted by Gasteiger charge is -2.37. The Bertz CT molecular complexity index is 1120. The molecular formula is C30H46N4O6S. The number of carbonyl (C=O) groups is 5. The Kier molecular flexibility index (Phi) is 11.1. The Hall–Kier alpha value is -2.82. The number of primary amides is 1. The molecule has 2 amide bonds. The van der Waals surface area contributed by atoms with Gasteiger partial charge in [0.1, 0.15) is 6.04 Å². The van der Waals surface area contributed by atoms with Gasteiger partial charge >= 0.3 is 5.97 Å². The molecule has 2 heterocycles. The van der Waals surface area contributed by atoms with E-state index in [1.54, 1.807) is 10.3 Å². The van der Waals surface area contributed by atoms with Crippen LogP contribution >= 0.6 is 11.3 Å². The van der Waals surface area contributed by atoms with E-state index in [-0.39, 0.29) is 36.4 Å². The molecule has 0 radical (unpaired) electrons. The van der Waals surface area contributed by atoms with Gasteiger partial charge < -0.3 is 20.7 Å². The molecule has 2 saturated carbocycles. The molecular weight excluding hydrogens is 544 g/mol. The zero-order chi connectivity index (χ0) is 30.5. The van der Waals surface area contributed by atoms with E-state index < -0.39 is 41.1 Å². The third kappa shape index (κ3) is 8.36. The van der Waals surface area contributed by atoms with Crippen LogP contribution in [0.2, 0.25) is 0 Å². The molecule has 1 saturated heterocycles. The van der Waals surface area contributed by atoms with E-state index in [0.29, 0.717) is 29.7 Å². The van der Waals surface area contributed by atoms with Crippen LogP contribution in [0.15, 0.2) is 5.38 Å². The van der Waals surface area contributed by atoms with Crippen molar-refractivity contribution in [3.05, 3.63) is 11.1 Å². The Labute approximate surface area is 247 Å². The second-order valence-electron chi connectivity index (χ2n) is 12.8. The number of methoxy groups -OCH3 is 1. The van der Waals surface area contributed by atoms with Crippen LogP contribution in [0.5, 0.6) is 0 Å². The summed E-state index contributed by atoms with van der Waals surface area (Å²) in [7, 11) is 1.32. The molecule has 0 bridgehead atoms. The number of nitrogens with zero attached hydrogens (tertiary/aromatic N) is 2. The standard InChI is InChI=1S/C27H38N4O6S.C3H8/c1-27(2,3)23(30-26-29-17(13-38-26)11-20(33)37-4)25(36)31-12-16-9-18(16)21(31)19(32)10-15(22(34)24(28)35)8-14-6-5-7-14;1-3-2/h13-16,18,21,23H,5-12H2,1-4H3,(H2,28,35)(H,29,30);3H2,1-2H3/t15?,16-,18?,21-,23+;/m0./s1. The fourth-order valence-corrected chi connectivity index (χ4v) is 6.44. The Balaban J connectivity index is 0.00000147. The van der Waals surface area contributed by atoms with Crippen molar-refractivity contribution in [3.63, 3.8) is 0 Å². The van der Waals surface area contributed by atoms with Crippen molar-refractivity contribution < 1.29 is 28.7 Å². The molecule has 3 aliphatic rings. The number of carbonyl (C=O) groups excluding carboxylic acids is 5. The summed E-state index contributed by atoms with van der Waals surface area (Å²) in [5.74, 6) is -2.46. The highest BCUT2D eigenvalue weighted by atomic mass is 32.1. The van der Waals surface area contributed by atoms with Gasteiger partial charge in [-0.05, 0) is 36.0 Å². The van der Waals surface area contributed by atoms with Crippen molar-refractivity contribution >= 4 is 45.8 Å². The summed E-state index contributed by atoms with van der Waals surface area (Å²) in [4.78, 5) is 69.5. The molecule has 5 atom stereocenters. The largest absolute Gasteiger partial charge is 0.469 e. The lowest BCUT2D eigenvalue weighted by atomic mass is 9.76. The minimum absolute atomic E-state index is 0.0426. The molecule has 10 nitrogen and oxygen atoms in total. The summed E-state index contributed by atoms with van der Waals surface area (Å²) in [6, 6.07) is -1.26. The van der Waals surface area contributed by atoms with E-state index >= 15 is 0 Å². The summed E-state index contributed by atoms with van der Waals surface area (Å²) in [6.07, 6.45) is 5.68. The fourth-order valence-electron chi connectivity index (χ4n) is 5.70. The maximum Gasteiger partial charge on any atom is 0.311 e. The number of esters is 1. The highest BCUT2D eigenvalue weighted by molar-refractivity contribution is 7.13. The quantitative estimate of drug-likeness (QED) is 0.276. The number of anilines is 1. The number of aromatic nitrogens is 1. The van der Waals surface area contributed by atoms with Crippen molar-refractivity contribution in [2.24, 2.45) is 34.8 Å². The monoisotopic (exact) mass is 590 g/mol. The SMILES string of the molecule is CCC.COC(=O)Cc1csc(N[C@H](C(=O)N2C[C@@H]3CC3[C@H]2C(=O)CC(CC2CCC2)C(=O)C(N)=O)C(C)(C)C)n1. The summed E-state index contributed by atoms with van der Waals surface area (Å²) in [5, 5.41) is 5.51. The van der Waals surface area contributed by atoms with Crippen LogP contribution in [0.25, 0.3) is 0 Å². The Morgan fingerprint density at radius 3 is 2.39 bits per heavy atom. The van der Waals surface area contributed by atoms with E-state index in [0.717, 1.165) is 25.7 Å². The predicted octanol–water partition coefficient (Wildman–Crippen LogP) is 3.77. The summed E-state index contributed by atoms with van der Waals surface area (Å²) >= 11 is 1.30. The smallest absolute Gasteiger partial charge is 0.311 e. The molecule has 2 unspecified atom stereocenters. The number of thiazole rings is 1. The van der Waals surface area contributed by atoms with Crippen LogP contribution in [0.3, 0.4) is 0 Å². The highest BCUT2D eigenvalue weighted by Gasteiger charge is 2.58. The molecule has 1 aromatic rings. The number of ether oxygens (including phenoxy) is 1. The molecule has 1 aromatic heterocycles. The topological polar surface area (TPSA) is 149 Å². The van der Waals surface area contributed by atoms with Gasteiger partial charge in [0, 0.05) is 24.3 Å². The lowest BCUT2D eigenvalue weighted by Crippen LogP contribution is -2.54. The van der Waals surface area contributed by atoms with Crippen molar-refractivity contribution in [2.45, 2.75) is 98.1 Å². The molecule has 1 aliphatic heterocycles. The van der Waals surface area contributed by atoms with Crippen LogP contribution in [0.1, 0.15) is 85.3 Å². The molecule has 0 spiro atoms. The van der Waals surface area contributed by atoms with Gasteiger partial charge in [0.05, 0.1) is 25.3 Å². The van der Waals surface area contributed by atoms with Gasteiger partial charge in [-0.25, -0.2) is 4.98 Å². The van der Waals surface area contributed by atoms with Crippen LogP contribution < -0.4 is 11.1 Å². The fraction of sp³-hybridized carbons (Fsp3) is 0.733. The maximum atomic E-state index is 13.9. The van der Waals surface area contributed by atoms with E-state index in [2.05, 4.69) is 24.1 Å². The van der Waals surface area contributed by atoms with Crippen LogP contribution in [0.4, 0.5) is 5.13 Å². The van der Waals surface area contributed by atoms with Crippen LogP contribution in [-0.4, -0.2) is 65.0 Å². The van der Waals surface area contributed by atoms with E-state index in [1.807, 2.05) is 20.8 Å². The van der Waals surface area contributed by atoms with Gasteiger partial charge in [-0.3, -0.25) is 24.0 Å². The van der Waals surface area contributed by atoms with E-state index in [1.165, 1.54) is 24.9 Å². The number of nitrogens with two attached hydrogens (primary N) is 1. The molecule has 228 valence electrons. The van der Waals surface area contributed by atoms with E-state index in [4.69, 9.17) is 10.5 Å². The molecule has 0 aromatic carbocycles. The van der Waals surface area contributed by atoms with Gasteiger partial charge in [-0.15, -0.1) is 11.3 Å². The molecule has 3 fully saturated rings. The second-order valence-corrected chi connectivity index (χ2v) is 13.6. The summed E-state index contributed by atoms with van der Waals surface area (Å²) in [6.45, 7) is 10.6. The number of rotatable bonds is 12. The van der Waals surface area contributed by atoms with Gasteiger partial charge in [-0.2, -0.15) is 0 Å². The number of fused-ring (bicyclic) bond motifs is 1. The molecule has 3 N–H and O–H groups in total. The highest BCUT2D eigenvalue weighted by Crippen LogP contribution is 2.51. The first-order chi connectivity index (χ1) is 19.3. The molecule has 41 heavy (non-hydrogen) atoms. The first-order valence-corrected chi connectivity index (χ1v) is 15.6. The zero-order valence-corrected chi connectivity index (χ0v) is 26.1. The zero-order valence-electron chi connectivity index (χ0n) is 25.2. The number of piperidine rings is 1. The predicted molar refractivity (Wildman–Crippen MR) is 157 cm³/mol. The second kappa shape index (κ2) is 13.9. The molecule has 4 rings (SSSR count). The Morgan fingerprint density at radius 1 is 1.20 bits per heavy atom. The number of hydrogen-bond acceptors (Lipinski definition) is 9. The third-order valence-electron chi connectivity index (χ3n) is 8.15. The number of nitrogens with one attached hydrogen (secondary N) is 1. The number of amides is 2. The van der Waals surface area contributed by atoms with Gasteiger partial charge in [0.2, 0.25) is 11.7 Å². The number of likely N-dealkylation sites (tertiary alicyclic amines) is 1. The first kappa shape index (κ1) is 32.7. The van der Waals surface area contributed by atoms with Crippen molar-refractivity contribution in [2.75, 3.05) is 19.0 Å². The van der Waals surface area contributed by atoms with Crippen molar-refractivity contribution in [1.82, 2.24) is 9.88 Å². The Morgan fingerprint density at radius 2 is 1.85 bits per heavy atom. The summed E-state index contributed by atoms with van der Waals surface area (Å²) in [5.41, 5.74) is 5.36. The molecule has 2 aliphatic carbocycles. The van der Waals surface area contributed by atoms with Crippen LogP contribution in [0, 0.1) is 29.1 Å². The van der Waals surface area contributed by atoms with Gasteiger partial charge in [-0.1, -0.05) is 60.3 Å². The van der Waals surface area contributed by atoms with Crippen LogP contribution in [-0.2, 0) is 35.1 Å². The third-order valence-corrected chi connectivity index (χ3v) is 8.97. The number of ketones is 2. The van der Waals surface area contributed by atoms with Crippen molar-refractivity contribution in [3.8, 4) is 0 Å². The number of Topliss-reactive ketones (excluding diaryl/α,β-unsaturated/α-hetero) is 2. The minimum atomic E-state index is -1.00. The number of hydrogen-bond donors (Lipinski definition) is 2.